The van der Waals surface area contributed by atoms with E-state index in [0.29, 0.717) is 37.3 Å². The van der Waals surface area contributed by atoms with Gasteiger partial charge in [0.1, 0.15) is 11.5 Å². The summed E-state index contributed by atoms with van der Waals surface area (Å²) in [6.07, 6.45) is 0.143. The van der Waals surface area contributed by atoms with Crippen molar-refractivity contribution in [2.24, 2.45) is 0 Å². The molecule has 0 unspecified atom stereocenters. The molecule has 0 bridgehead atoms. The van der Waals surface area contributed by atoms with Crippen molar-refractivity contribution < 1.29 is 23.8 Å². The monoisotopic (exact) mass is 574 g/mol. The first-order chi connectivity index (χ1) is 15.7. The van der Waals surface area contributed by atoms with Crippen LogP contribution in [0.4, 0.5) is 0 Å². The first kappa shape index (κ1) is 25.0. The van der Waals surface area contributed by atoms with Gasteiger partial charge in [-0.1, -0.05) is 44.2 Å². The van der Waals surface area contributed by atoms with E-state index in [4.69, 9.17) is 14.2 Å². The number of carbonyl (C=O) groups is 2. The molecule has 5 nitrogen and oxygen atoms in total. The zero-order valence-electron chi connectivity index (χ0n) is 18.8. The average molecular weight is 576 g/mol. The summed E-state index contributed by atoms with van der Waals surface area (Å²) in [6, 6.07) is 16.3. The molecule has 0 aliphatic heterocycles. The van der Waals surface area contributed by atoms with Crippen molar-refractivity contribution in [3.05, 3.63) is 85.8 Å². The molecule has 33 heavy (non-hydrogen) atoms. The van der Waals surface area contributed by atoms with Crippen LogP contribution in [0.25, 0.3) is 0 Å². The Morgan fingerprint density at radius 2 is 1.55 bits per heavy atom. The molecule has 0 radical (unpaired) electrons. The molecule has 7 heteroatoms. The van der Waals surface area contributed by atoms with E-state index >= 15 is 0 Å². The number of ether oxygens (including phenoxy) is 3. The van der Waals surface area contributed by atoms with Crippen molar-refractivity contribution in [2.75, 3.05) is 14.2 Å². The van der Waals surface area contributed by atoms with Crippen molar-refractivity contribution in [1.29, 1.82) is 0 Å². The van der Waals surface area contributed by atoms with Crippen LogP contribution in [0.1, 0.15) is 46.8 Å². The van der Waals surface area contributed by atoms with Crippen molar-refractivity contribution in [3.8, 4) is 17.2 Å². The van der Waals surface area contributed by atoms with Crippen LogP contribution in [-0.4, -0.2) is 26.0 Å². The molecule has 172 valence electrons. The van der Waals surface area contributed by atoms with Crippen molar-refractivity contribution in [2.45, 2.75) is 26.2 Å². The molecular weight excluding hydrogens is 552 g/mol. The number of hydrogen-bond donors (Lipinski definition) is 0. The van der Waals surface area contributed by atoms with Gasteiger partial charge < -0.3 is 14.2 Å². The quantitative estimate of drug-likeness (QED) is 0.212. The van der Waals surface area contributed by atoms with Crippen molar-refractivity contribution >= 4 is 43.6 Å². The summed E-state index contributed by atoms with van der Waals surface area (Å²) in [4.78, 5) is 24.9. The Bertz CT molecular complexity index is 1150. The van der Waals surface area contributed by atoms with Gasteiger partial charge in [-0.05, 0) is 67.6 Å². The predicted octanol–water partition coefficient (Wildman–Crippen LogP) is 7.08. The average Bonchev–Trinajstić information content (AvgIpc) is 2.80. The Kier molecular flexibility index (Phi) is 8.32. The molecule has 0 heterocycles. The lowest BCUT2D eigenvalue weighted by Gasteiger charge is -2.19. The number of carbonyl (C=O) groups excluding carboxylic acids is 2. The minimum atomic E-state index is -0.330. The Morgan fingerprint density at radius 3 is 2.09 bits per heavy atom. The first-order valence-corrected chi connectivity index (χ1v) is 11.9. The summed E-state index contributed by atoms with van der Waals surface area (Å²) in [6.45, 7) is 4.07. The van der Waals surface area contributed by atoms with Crippen LogP contribution in [0, 0.1) is 0 Å². The summed E-state index contributed by atoms with van der Waals surface area (Å²) < 4.78 is 17.9. The fourth-order valence-corrected chi connectivity index (χ4v) is 4.86. The van der Waals surface area contributed by atoms with Crippen LogP contribution in [0.2, 0.25) is 0 Å². The molecule has 0 aliphatic carbocycles. The van der Waals surface area contributed by atoms with Crippen LogP contribution < -0.4 is 9.47 Å². The third-order valence-electron chi connectivity index (χ3n) is 5.05. The number of halogens is 2. The fourth-order valence-electron chi connectivity index (χ4n) is 3.42. The minimum absolute atomic E-state index is 0.0973. The predicted molar refractivity (Wildman–Crippen MR) is 135 cm³/mol. The Hall–Kier alpha value is -2.64. The maximum atomic E-state index is 13.3. The van der Waals surface area contributed by atoms with E-state index in [1.165, 1.54) is 7.11 Å². The Morgan fingerprint density at radius 1 is 0.909 bits per heavy atom. The van der Waals surface area contributed by atoms with Gasteiger partial charge >= 0.3 is 5.97 Å². The number of rotatable bonds is 8. The molecule has 3 rings (SSSR count). The lowest BCUT2D eigenvalue weighted by molar-refractivity contribution is -0.139. The second-order valence-corrected chi connectivity index (χ2v) is 9.40. The van der Waals surface area contributed by atoms with Crippen LogP contribution in [0.3, 0.4) is 0 Å². The molecule has 3 aromatic carbocycles. The van der Waals surface area contributed by atoms with Crippen molar-refractivity contribution in [1.82, 2.24) is 0 Å². The maximum absolute atomic E-state index is 13.3. The van der Waals surface area contributed by atoms with E-state index < -0.39 is 0 Å². The zero-order chi connectivity index (χ0) is 24.1. The van der Waals surface area contributed by atoms with Crippen LogP contribution in [0.15, 0.2) is 63.5 Å². The number of benzene rings is 3. The van der Waals surface area contributed by atoms with E-state index in [0.717, 1.165) is 11.1 Å². The van der Waals surface area contributed by atoms with Gasteiger partial charge in [0.25, 0.3) is 0 Å². The number of methoxy groups -OCH3 is 2. The smallest absolute Gasteiger partial charge is 0.309 e. The molecule has 0 fully saturated rings. The van der Waals surface area contributed by atoms with Crippen LogP contribution in [0.5, 0.6) is 17.2 Å². The van der Waals surface area contributed by atoms with E-state index in [2.05, 4.69) is 31.9 Å². The molecule has 0 aliphatic rings. The van der Waals surface area contributed by atoms with E-state index in [1.54, 1.807) is 37.4 Å². The molecule has 0 spiro atoms. The van der Waals surface area contributed by atoms with E-state index in [1.807, 2.05) is 38.1 Å². The van der Waals surface area contributed by atoms with Crippen LogP contribution >= 0.6 is 31.9 Å². The summed E-state index contributed by atoms with van der Waals surface area (Å²) in [5.41, 5.74) is 2.63. The van der Waals surface area contributed by atoms with Crippen molar-refractivity contribution in [3.63, 3.8) is 0 Å². The summed E-state index contributed by atoms with van der Waals surface area (Å²) in [7, 11) is 2.92. The standard InChI is InChI=1S/C26H24Br2O5/c1-15(2)19-13-18(14-20(25(19)32-4)24(30)17-8-6-5-7-9-17)33-26-21(27)10-16(11-22(26)28)12-23(29)31-3/h5-11,13-15H,12H2,1-4H3. The van der Waals surface area contributed by atoms with Gasteiger partial charge in [-0.2, -0.15) is 0 Å². The topological polar surface area (TPSA) is 61.8 Å². The van der Waals surface area contributed by atoms with Gasteiger partial charge in [-0.15, -0.1) is 0 Å². The van der Waals surface area contributed by atoms with Gasteiger partial charge in [0.05, 0.1) is 35.1 Å². The minimum Gasteiger partial charge on any atom is -0.496 e. The summed E-state index contributed by atoms with van der Waals surface area (Å²) >= 11 is 7.06. The van der Waals surface area contributed by atoms with Gasteiger partial charge in [0.2, 0.25) is 0 Å². The molecule has 0 saturated heterocycles. The Balaban J connectivity index is 2.06. The van der Waals surface area contributed by atoms with E-state index in [-0.39, 0.29) is 24.1 Å². The van der Waals surface area contributed by atoms with Gasteiger partial charge in [-0.25, -0.2) is 0 Å². The second kappa shape index (κ2) is 11.0. The lowest BCUT2D eigenvalue weighted by Crippen LogP contribution is -2.08. The molecule has 3 aromatic rings. The molecule has 0 saturated carbocycles. The Labute approximate surface area is 210 Å². The van der Waals surface area contributed by atoms with E-state index in [9.17, 15) is 9.59 Å². The highest BCUT2D eigenvalue weighted by Crippen LogP contribution is 2.41. The number of hydrogen-bond acceptors (Lipinski definition) is 5. The number of ketones is 1. The fraction of sp³-hybridized carbons (Fsp3) is 0.231. The molecular formula is C26H24Br2O5. The molecule has 0 aromatic heterocycles. The highest BCUT2D eigenvalue weighted by atomic mass is 79.9. The van der Waals surface area contributed by atoms with Crippen LogP contribution in [-0.2, 0) is 16.0 Å². The van der Waals surface area contributed by atoms with Gasteiger partial charge in [-0.3, -0.25) is 9.59 Å². The largest absolute Gasteiger partial charge is 0.496 e. The second-order valence-electron chi connectivity index (χ2n) is 7.69. The highest BCUT2D eigenvalue weighted by Gasteiger charge is 2.22. The third-order valence-corrected chi connectivity index (χ3v) is 6.23. The lowest BCUT2D eigenvalue weighted by atomic mass is 9.94. The SMILES string of the molecule is COC(=O)Cc1cc(Br)c(Oc2cc(C(=O)c3ccccc3)c(OC)c(C(C)C)c2)c(Br)c1. The third kappa shape index (κ3) is 5.84. The first-order valence-electron chi connectivity index (χ1n) is 10.3. The highest BCUT2D eigenvalue weighted by molar-refractivity contribution is 9.11. The summed E-state index contributed by atoms with van der Waals surface area (Å²) in [5.74, 6) is 1.19. The maximum Gasteiger partial charge on any atom is 0.309 e. The number of esters is 1. The molecule has 0 amide bonds. The zero-order valence-corrected chi connectivity index (χ0v) is 21.9. The summed E-state index contributed by atoms with van der Waals surface area (Å²) in [5, 5.41) is 0. The molecule has 0 N–H and O–H groups in total. The normalized spacial score (nSPS) is 10.8. The molecule has 0 atom stereocenters. The van der Waals surface area contributed by atoms with Gasteiger partial charge in [0.15, 0.2) is 11.5 Å². The van der Waals surface area contributed by atoms with Gasteiger partial charge in [0, 0.05) is 11.1 Å².